The van der Waals surface area contributed by atoms with Crippen LogP contribution in [-0.4, -0.2) is 30.1 Å². The summed E-state index contributed by atoms with van der Waals surface area (Å²) in [5.41, 5.74) is -1.87. The summed E-state index contributed by atoms with van der Waals surface area (Å²) in [5, 5.41) is 9.04. The second kappa shape index (κ2) is 4.19. The van der Waals surface area contributed by atoms with E-state index in [4.69, 9.17) is 9.84 Å². The molecule has 4 nitrogen and oxygen atoms in total. The van der Waals surface area contributed by atoms with E-state index in [-0.39, 0.29) is 18.8 Å². The van der Waals surface area contributed by atoms with Crippen molar-refractivity contribution in [2.75, 3.05) is 13.2 Å². The number of carboxylic acid groups (broad SMARTS) is 1. The number of halogens is 2. The SMILES string of the molecule is O=C(O)C1(C(=O)c2cc(Br)ccc2F)COC1. The van der Waals surface area contributed by atoms with E-state index in [0.29, 0.717) is 4.47 Å². The highest BCUT2D eigenvalue weighted by Crippen LogP contribution is 2.33. The molecule has 0 saturated carbocycles. The largest absolute Gasteiger partial charge is 0.480 e. The summed E-state index contributed by atoms with van der Waals surface area (Å²) in [4.78, 5) is 23.1. The zero-order valence-corrected chi connectivity index (χ0v) is 10.2. The Morgan fingerprint density at radius 3 is 2.53 bits per heavy atom. The molecule has 1 aromatic carbocycles. The second-order valence-electron chi connectivity index (χ2n) is 3.83. The van der Waals surface area contributed by atoms with Gasteiger partial charge < -0.3 is 9.84 Å². The van der Waals surface area contributed by atoms with Crippen LogP contribution in [-0.2, 0) is 9.53 Å². The van der Waals surface area contributed by atoms with Gasteiger partial charge in [-0.1, -0.05) is 15.9 Å². The molecular formula is C11H8BrFO4. The number of Topliss-reactive ketones (excluding diaryl/α,β-unsaturated/α-hetero) is 1. The van der Waals surface area contributed by atoms with E-state index in [9.17, 15) is 14.0 Å². The highest BCUT2D eigenvalue weighted by molar-refractivity contribution is 9.10. The molecule has 1 aliphatic heterocycles. The summed E-state index contributed by atoms with van der Waals surface area (Å²) >= 11 is 3.11. The van der Waals surface area contributed by atoms with Gasteiger partial charge in [0.1, 0.15) is 5.82 Å². The fourth-order valence-electron chi connectivity index (χ4n) is 1.59. The average molecular weight is 303 g/mol. The Balaban J connectivity index is 2.43. The molecule has 0 aromatic heterocycles. The van der Waals surface area contributed by atoms with Gasteiger partial charge in [0, 0.05) is 4.47 Å². The van der Waals surface area contributed by atoms with Gasteiger partial charge in [-0.3, -0.25) is 9.59 Å². The number of ether oxygens (including phenoxy) is 1. The monoisotopic (exact) mass is 302 g/mol. The highest BCUT2D eigenvalue weighted by Gasteiger charge is 2.53. The first-order valence-corrected chi connectivity index (χ1v) is 5.58. The van der Waals surface area contributed by atoms with Crippen LogP contribution in [0.25, 0.3) is 0 Å². The number of hydrogen-bond donors (Lipinski definition) is 1. The summed E-state index contributed by atoms with van der Waals surface area (Å²) in [7, 11) is 0. The Morgan fingerprint density at radius 2 is 2.06 bits per heavy atom. The molecular weight excluding hydrogens is 295 g/mol. The van der Waals surface area contributed by atoms with Crippen molar-refractivity contribution in [3.8, 4) is 0 Å². The van der Waals surface area contributed by atoms with Gasteiger partial charge >= 0.3 is 5.97 Å². The van der Waals surface area contributed by atoms with Crippen LogP contribution in [0.15, 0.2) is 22.7 Å². The van der Waals surface area contributed by atoms with Crippen molar-refractivity contribution in [3.63, 3.8) is 0 Å². The van der Waals surface area contributed by atoms with Crippen LogP contribution in [0.5, 0.6) is 0 Å². The quantitative estimate of drug-likeness (QED) is 0.684. The zero-order chi connectivity index (χ0) is 12.6. The Labute approximate surface area is 105 Å². The van der Waals surface area contributed by atoms with Crippen LogP contribution in [0.4, 0.5) is 4.39 Å². The van der Waals surface area contributed by atoms with E-state index in [1.807, 2.05) is 0 Å². The zero-order valence-electron chi connectivity index (χ0n) is 8.57. The normalized spacial score (nSPS) is 17.3. The number of carbonyl (C=O) groups excluding carboxylic acids is 1. The minimum Gasteiger partial charge on any atom is -0.480 e. The van der Waals surface area contributed by atoms with Gasteiger partial charge in [0.2, 0.25) is 0 Å². The molecule has 1 saturated heterocycles. The number of benzene rings is 1. The Kier molecular flexibility index (Phi) is 3.01. The van der Waals surface area contributed by atoms with Gasteiger partial charge in [-0.15, -0.1) is 0 Å². The van der Waals surface area contributed by atoms with Gasteiger partial charge in [-0.2, -0.15) is 0 Å². The number of carbonyl (C=O) groups is 2. The van der Waals surface area contributed by atoms with Gasteiger partial charge in [-0.25, -0.2) is 4.39 Å². The molecule has 0 aliphatic carbocycles. The van der Waals surface area contributed by atoms with E-state index in [1.165, 1.54) is 12.1 Å². The maximum Gasteiger partial charge on any atom is 0.322 e. The minimum atomic E-state index is -1.64. The maximum absolute atomic E-state index is 13.5. The van der Waals surface area contributed by atoms with Gasteiger partial charge in [0.05, 0.1) is 18.8 Å². The van der Waals surface area contributed by atoms with Crippen molar-refractivity contribution < 1.29 is 23.8 Å². The van der Waals surface area contributed by atoms with Crippen LogP contribution in [0.3, 0.4) is 0 Å². The molecule has 0 radical (unpaired) electrons. The molecule has 1 N–H and O–H groups in total. The number of ketones is 1. The molecule has 90 valence electrons. The van der Waals surface area contributed by atoms with Crippen LogP contribution < -0.4 is 0 Å². The molecule has 0 bridgehead atoms. The summed E-state index contributed by atoms with van der Waals surface area (Å²) in [6.07, 6.45) is 0. The molecule has 1 aromatic rings. The maximum atomic E-state index is 13.5. The third kappa shape index (κ3) is 1.87. The van der Waals surface area contributed by atoms with Crippen molar-refractivity contribution in [1.82, 2.24) is 0 Å². The van der Waals surface area contributed by atoms with E-state index in [0.717, 1.165) is 6.07 Å². The standard InChI is InChI=1S/C11H8BrFO4/c12-6-1-2-8(13)7(3-6)9(14)11(10(15)16)4-17-5-11/h1-3H,4-5H2,(H,15,16). The van der Waals surface area contributed by atoms with E-state index >= 15 is 0 Å². The fourth-order valence-corrected chi connectivity index (χ4v) is 1.95. The Morgan fingerprint density at radius 1 is 1.41 bits per heavy atom. The van der Waals surface area contributed by atoms with Crippen LogP contribution >= 0.6 is 15.9 Å². The first-order valence-electron chi connectivity index (χ1n) is 4.78. The minimum absolute atomic E-state index is 0.215. The van der Waals surface area contributed by atoms with Crippen molar-refractivity contribution in [1.29, 1.82) is 0 Å². The molecule has 1 fully saturated rings. The third-order valence-electron chi connectivity index (χ3n) is 2.71. The van der Waals surface area contributed by atoms with Crippen LogP contribution in [0.2, 0.25) is 0 Å². The summed E-state index contributed by atoms with van der Waals surface area (Å²) in [6, 6.07) is 3.84. The molecule has 1 heterocycles. The lowest BCUT2D eigenvalue weighted by molar-refractivity contribution is -0.169. The lowest BCUT2D eigenvalue weighted by atomic mass is 9.78. The van der Waals surface area contributed by atoms with Crippen LogP contribution in [0, 0.1) is 11.2 Å². The van der Waals surface area contributed by atoms with Gasteiger partial charge in [0.25, 0.3) is 0 Å². The first-order chi connectivity index (χ1) is 7.97. The molecule has 17 heavy (non-hydrogen) atoms. The highest BCUT2D eigenvalue weighted by atomic mass is 79.9. The first kappa shape index (κ1) is 12.2. The predicted molar refractivity (Wildman–Crippen MR) is 59.3 cm³/mol. The summed E-state index contributed by atoms with van der Waals surface area (Å²) in [6.45, 7) is -0.430. The lowest BCUT2D eigenvalue weighted by Gasteiger charge is -2.35. The number of carboxylic acids is 1. The number of hydrogen-bond acceptors (Lipinski definition) is 3. The Bertz CT molecular complexity index is 496. The smallest absolute Gasteiger partial charge is 0.322 e. The predicted octanol–water partition coefficient (Wildman–Crippen LogP) is 1.87. The second-order valence-corrected chi connectivity index (χ2v) is 4.75. The van der Waals surface area contributed by atoms with Crippen LogP contribution in [0.1, 0.15) is 10.4 Å². The van der Waals surface area contributed by atoms with Gasteiger partial charge in [-0.05, 0) is 18.2 Å². The van der Waals surface area contributed by atoms with Crippen molar-refractivity contribution in [3.05, 3.63) is 34.1 Å². The lowest BCUT2D eigenvalue weighted by Crippen LogP contribution is -2.55. The van der Waals surface area contributed by atoms with E-state index < -0.39 is 23.0 Å². The number of rotatable bonds is 3. The number of aliphatic carboxylic acids is 1. The third-order valence-corrected chi connectivity index (χ3v) is 3.21. The van der Waals surface area contributed by atoms with E-state index in [1.54, 1.807) is 0 Å². The summed E-state index contributed by atoms with van der Waals surface area (Å²) < 4.78 is 18.8. The molecule has 6 heteroatoms. The fraction of sp³-hybridized carbons (Fsp3) is 0.273. The molecule has 0 amide bonds. The topological polar surface area (TPSA) is 63.6 Å². The molecule has 0 spiro atoms. The molecule has 2 rings (SSSR count). The molecule has 0 atom stereocenters. The van der Waals surface area contributed by atoms with E-state index in [2.05, 4.69) is 15.9 Å². The summed E-state index contributed by atoms with van der Waals surface area (Å²) in [5.74, 6) is -2.77. The van der Waals surface area contributed by atoms with Gasteiger partial charge in [0.15, 0.2) is 11.2 Å². The van der Waals surface area contributed by atoms with Crippen molar-refractivity contribution in [2.45, 2.75) is 0 Å². The van der Waals surface area contributed by atoms with Crippen molar-refractivity contribution >= 4 is 27.7 Å². The molecule has 1 aliphatic rings. The molecule has 0 unspecified atom stereocenters. The average Bonchev–Trinajstić information content (AvgIpc) is 2.19. The Hall–Kier alpha value is -1.27. The van der Waals surface area contributed by atoms with Crippen molar-refractivity contribution in [2.24, 2.45) is 5.41 Å².